The number of nitrogens with zero attached hydrogens (tertiary/aromatic N) is 2. The summed E-state index contributed by atoms with van der Waals surface area (Å²) in [6.07, 6.45) is 0. The van der Waals surface area contributed by atoms with Crippen molar-refractivity contribution >= 4 is 23.2 Å². The molecule has 2 amide bonds. The van der Waals surface area contributed by atoms with E-state index in [1.807, 2.05) is 29.2 Å². The zero-order chi connectivity index (χ0) is 21.7. The van der Waals surface area contributed by atoms with Crippen molar-refractivity contribution in [3.05, 3.63) is 42.0 Å². The second-order valence-corrected chi connectivity index (χ2v) is 6.91. The maximum atomic E-state index is 12.7. The second-order valence-electron chi connectivity index (χ2n) is 6.91. The van der Waals surface area contributed by atoms with Crippen LogP contribution in [0.15, 0.2) is 36.4 Å². The first-order valence-electron chi connectivity index (χ1n) is 9.68. The number of nitrogens with one attached hydrogen (secondary N) is 1. The Hall–Kier alpha value is -3.42. The van der Waals surface area contributed by atoms with Crippen LogP contribution in [0.4, 0.5) is 11.4 Å². The number of carbonyl (C=O) groups excluding carboxylic acids is 2. The SMILES string of the molecule is COc1cc(C(=O)Nc2ccc(N3CCN(C(C)=O)CC3)cc2)cc(OC)c1OC. The van der Waals surface area contributed by atoms with Gasteiger partial charge in [0.05, 0.1) is 21.3 Å². The molecule has 0 spiro atoms. The Bertz CT molecular complexity index is 880. The molecule has 0 bridgehead atoms. The number of ether oxygens (including phenoxy) is 3. The van der Waals surface area contributed by atoms with Crippen molar-refractivity contribution in [1.29, 1.82) is 0 Å². The lowest BCUT2D eigenvalue weighted by molar-refractivity contribution is -0.129. The molecule has 0 unspecified atom stereocenters. The van der Waals surface area contributed by atoms with Gasteiger partial charge in [-0.3, -0.25) is 9.59 Å². The quantitative estimate of drug-likeness (QED) is 0.784. The van der Waals surface area contributed by atoms with Crippen LogP contribution < -0.4 is 24.4 Å². The summed E-state index contributed by atoms with van der Waals surface area (Å²) in [5, 5.41) is 2.89. The minimum atomic E-state index is -0.280. The molecule has 0 saturated carbocycles. The molecule has 1 N–H and O–H groups in total. The van der Waals surface area contributed by atoms with Gasteiger partial charge >= 0.3 is 0 Å². The van der Waals surface area contributed by atoms with Gasteiger partial charge in [0.2, 0.25) is 11.7 Å². The lowest BCUT2D eigenvalue weighted by atomic mass is 10.1. The van der Waals surface area contributed by atoms with E-state index in [-0.39, 0.29) is 11.8 Å². The monoisotopic (exact) mass is 413 g/mol. The van der Waals surface area contributed by atoms with Crippen LogP contribution in [0.5, 0.6) is 17.2 Å². The van der Waals surface area contributed by atoms with Crippen molar-refractivity contribution < 1.29 is 23.8 Å². The Morgan fingerprint density at radius 2 is 1.43 bits per heavy atom. The summed E-state index contributed by atoms with van der Waals surface area (Å²) < 4.78 is 15.9. The smallest absolute Gasteiger partial charge is 0.255 e. The van der Waals surface area contributed by atoms with Gasteiger partial charge in [-0.25, -0.2) is 0 Å². The summed E-state index contributed by atoms with van der Waals surface area (Å²) in [5.41, 5.74) is 2.14. The third kappa shape index (κ3) is 4.59. The molecule has 2 aromatic rings. The van der Waals surface area contributed by atoms with Crippen molar-refractivity contribution in [2.24, 2.45) is 0 Å². The maximum absolute atomic E-state index is 12.7. The first-order valence-corrected chi connectivity index (χ1v) is 9.68. The number of rotatable bonds is 6. The fraction of sp³-hybridized carbons (Fsp3) is 0.364. The Morgan fingerprint density at radius 3 is 1.90 bits per heavy atom. The lowest BCUT2D eigenvalue weighted by Crippen LogP contribution is -2.48. The summed E-state index contributed by atoms with van der Waals surface area (Å²) in [4.78, 5) is 28.3. The fourth-order valence-electron chi connectivity index (χ4n) is 3.45. The molecule has 0 aromatic heterocycles. The second kappa shape index (κ2) is 9.39. The number of amides is 2. The highest BCUT2D eigenvalue weighted by Gasteiger charge is 2.19. The van der Waals surface area contributed by atoms with Crippen molar-refractivity contribution in [3.8, 4) is 17.2 Å². The Morgan fingerprint density at radius 1 is 0.867 bits per heavy atom. The zero-order valence-corrected chi connectivity index (χ0v) is 17.7. The molecule has 1 saturated heterocycles. The predicted octanol–water partition coefficient (Wildman–Crippen LogP) is 2.63. The molecule has 1 aliphatic rings. The van der Waals surface area contributed by atoms with Gasteiger partial charge in [0.15, 0.2) is 11.5 Å². The average molecular weight is 413 g/mol. The van der Waals surface area contributed by atoms with Gasteiger partial charge in [-0.2, -0.15) is 0 Å². The molecule has 160 valence electrons. The van der Waals surface area contributed by atoms with Crippen molar-refractivity contribution in [1.82, 2.24) is 4.90 Å². The Kier molecular flexibility index (Phi) is 6.66. The van der Waals surface area contributed by atoms with E-state index in [1.165, 1.54) is 21.3 Å². The minimum Gasteiger partial charge on any atom is -0.493 e. The average Bonchev–Trinajstić information content (AvgIpc) is 2.78. The van der Waals surface area contributed by atoms with Crippen LogP contribution in [-0.2, 0) is 4.79 Å². The molecule has 0 atom stereocenters. The Labute approximate surface area is 176 Å². The molecule has 8 heteroatoms. The van der Waals surface area contributed by atoms with Crippen LogP contribution in [0, 0.1) is 0 Å². The van der Waals surface area contributed by atoms with E-state index in [0.717, 1.165) is 31.9 Å². The van der Waals surface area contributed by atoms with Crippen molar-refractivity contribution in [2.75, 3.05) is 57.7 Å². The molecule has 1 fully saturated rings. The van der Waals surface area contributed by atoms with E-state index in [9.17, 15) is 9.59 Å². The van der Waals surface area contributed by atoms with Crippen molar-refractivity contribution in [2.45, 2.75) is 6.92 Å². The summed E-state index contributed by atoms with van der Waals surface area (Å²) in [6, 6.07) is 10.9. The van der Waals surface area contributed by atoms with Gasteiger partial charge in [0, 0.05) is 50.0 Å². The number of hydrogen-bond acceptors (Lipinski definition) is 6. The van der Waals surface area contributed by atoms with Crippen LogP contribution >= 0.6 is 0 Å². The highest BCUT2D eigenvalue weighted by Crippen LogP contribution is 2.38. The summed E-state index contributed by atoms with van der Waals surface area (Å²) in [5.74, 6) is 1.10. The highest BCUT2D eigenvalue weighted by molar-refractivity contribution is 6.05. The number of piperazine rings is 1. The van der Waals surface area contributed by atoms with Crippen LogP contribution in [0.25, 0.3) is 0 Å². The van der Waals surface area contributed by atoms with E-state index in [1.54, 1.807) is 19.1 Å². The fourth-order valence-corrected chi connectivity index (χ4v) is 3.45. The molecular formula is C22H27N3O5. The van der Waals surface area contributed by atoms with Gasteiger partial charge < -0.3 is 29.3 Å². The molecule has 3 rings (SSSR count). The van der Waals surface area contributed by atoms with E-state index in [4.69, 9.17) is 14.2 Å². The molecular weight excluding hydrogens is 386 g/mol. The van der Waals surface area contributed by atoms with E-state index in [2.05, 4.69) is 10.2 Å². The lowest BCUT2D eigenvalue weighted by Gasteiger charge is -2.35. The molecule has 1 heterocycles. The summed E-state index contributed by atoms with van der Waals surface area (Å²) >= 11 is 0. The maximum Gasteiger partial charge on any atom is 0.255 e. The van der Waals surface area contributed by atoms with E-state index in [0.29, 0.717) is 28.5 Å². The van der Waals surface area contributed by atoms with Crippen LogP contribution in [0.1, 0.15) is 17.3 Å². The van der Waals surface area contributed by atoms with Crippen molar-refractivity contribution in [3.63, 3.8) is 0 Å². The molecule has 1 aliphatic heterocycles. The number of anilines is 2. The van der Waals surface area contributed by atoms with Gasteiger partial charge in [-0.1, -0.05) is 0 Å². The minimum absolute atomic E-state index is 0.111. The number of hydrogen-bond donors (Lipinski definition) is 1. The third-order valence-electron chi connectivity index (χ3n) is 5.14. The molecule has 0 radical (unpaired) electrons. The predicted molar refractivity (Wildman–Crippen MR) is 115 cm³/mol. The standard InChI is InChI=1S/C22H27N3O5/c1-15(26)24-9-11-25(12-10-24)18-7-5-17(6-8-18)23-22(27)16-13-19(28-2)21(30-4)20(14-16)29-3/h5-8,13-14H,9-12H2,1-4H3,(H,23,27). The molecule has 30 heavy (non-hydrogen) atoms. The van der Waals surface area contributed by atoms with Crippen LogP contribution in [-0.4, -0.2) is 64.2 Å². The zero-order valence-electron chi connectivity index (χ0n) is 17.7. The molecule has 8 nitrogen and oxygen atoms in total. The third-order valence-corrected chi connectivity index (χ3v) is 5.14. The molecule has 2 aromatic carbocycles. The highest BCUT2D eigenvalue weighted by atomic mass is 16.5. The summed E-state index contributed by atoms with van der Waals surface area (Å²) in [6.45, 7) is 4.61. The number of benzene rings is 2. The first-order chi connectivity index (χ1) is 14.5. The molecule has 0 aliphatic carbocycles. The first kappa shape index (κ1) is 21.3. The van der Waals surface area contributed by atoms with E-state index >= 15 is 0 Å². The Balaban J connectivity index is 1.68. The van der Waals surface area contributed by atoms with Gasteiger partial charge in [-0.15, -0.1) is 0 Å². The number of methoxy groups -OCH3 is 3. The number of carbonyl (C=O) groups is 2. The van der Waals surface area contributed by atoms with Crippen LogP contribution in [0.2, 0.25) is 0 Å². The normalized spacial score (nSPS) is 13.6. The van der Waals surface area contributed by atoms with Gasteiger partial charge in [-0.05, 0) is 36.4 Å². The van der Waals surface area contributed by atoms with E-state index < -0.39 is 0 Å². The van der Waals surface area contributed by atoms with Gasteiger partial charge in [0.25, 0.3) is 5.91 Å². The van der Waals surface area contributed by atoms with Gasteiger partial charge in [0.1, 0.15) is 0 Å². The summed E-state index contributed by atoms with van der Waals surface area (Å²) in [7, 11) is 4.53. The van der Waals surface area contributed by atoms with Crippen LogP contribution in [0.3, 0.4) is 0 Å². The largest absolute Gasteiger partial charge is 0.493 e. The topological polar surface area (TPSA) is 80.3 Å².